The third-order valence-electron chi connectivity index (χ3n) is 3.20. The van der Waals surface area contributed by atoms with E-state index in [1.807, 2.05) is 23.9 Å². The highest BCUT2D eigenvalue weighted by Gasteiger charge is 2.15. The van der Waals surface area contributed by atoms with E-state index in [1.54, 1.807) is 25.4 Å². The van der Waals surface area contributed by atoms with Gasteiger partial charge in [0, 0.05) is 11.8 Å². The Hall–Kier alpha value is -2.30. The zero-order valence-electron chi connectivity index (χ0n) is 13.1. The molecule has 0 fully saturated rings. The van der Waals surface area contributed by atoms with Crippen LogP contribution in [0.15, 0.2) is 30.6 Å². The summed E-state index contributed by atoms with van der Waals surface area (Å²) in [4.78, 5) is 12.2. The van der Waals surface area contributed by atoms with Gasteiger partial charge in [0.15, 0.2) is 0 Å². The van der Waals surface area contributed by atoms with Crippen molar-refractivity contribution in [1.82, 2.24) is 9.78 Å². The second-order valence-corrected chi connectivity index (χ2v) is 5.98. The Balaban J connectivity index is 2.16. The molecule has 0 aliphatic heterocycles. The summed E-state index contributed by atoms with van der Waals surface area (Å²) in [6, 6.07) is 5.38. The molecule has 2 rings (SSSR count). The van der Waals surface area contributed by atoms with E-state index in [1.165, 1.54) is 0 Å². The van der Waals surface area contributed by atoms with Gasteiger partial charge in [0.1, 0.15) is 5.75 Å². The molecule has 0 bridgehead atoms. The molecular formula is C16H21N3O2. The van der Waals surface area contributed by atoms with Gasteiger partial charge in [-0.15, -0.1) is 0 Å². The summed E-state index contributed by atoms with van der Waals surface area (Å²) in [5.41, 5.74) is 2.11. The number of anilines is 1. The van der Waals surface area contributed by atoms with Crippen molar-refractivity contribution in [2.75, 3.05) is 12.4 Å². The number of aryl methyl sites for hydroxylation is 1. The number of benzene rings is 1. The molecule has 5 heteroatoms. The van der Waals surface area contributed by atoms with Crippen LogP contribution in [0, 0.1) is 6.92 Å². The van der Waals surface area contributed by atoms with Gasteiger partial charge >= 0.3 is 0 Å². The molecule has 0 spiro atoms. The lowest BCUT2D eigenvalue weighted by Crippen LogP contribution is -2.22. The number of ether oxygens (including phenoxy) is 1. The molecule has 0 unspecified atom stereocenters. The molecule has 112 valence electrons. The van der Waals surface area contributed by atoms with Crippen LogP contribution in [0.25, 0.3) is 0 Å². The number of carbonyl (C=O) groups is 1. The molecule has 0 saturated carbocycles. The minimum absolute atomic E-state index is 0.115. The van der Waals surface area contributed by atoms with Gasteiger partial charge in [0.05, 0.1) is 24.5 Å². The van der Waals surface area contributed by atoms with Gasteiger partial charge in [-0.05, 0) is 45.4 Å². The monoisotopic (exact) mass is 287 g/mol. The fourth-order valence-electron chi connectivity index (χ4n) is 1.92. The molecule has 1 amide bonds. The van der Waals surface area contributed by atoms with Crippen molar-refractivity contribution < 1.29 is 9.53 Å². The minimum Gasteiger partial charge on any atom is -0.496 e. The Kier molecular flexibility index (Phi) is 4.02. The first-order valence-corrected chi connectivity index (χ1v) is 6.82. The molecule has 0 saturated heterocycles. The summed E-state index contributed by atoms with van der Waals surface area (Å²) in [6.07, 6.45) is 3.47. The lowest BCUT2D eigenvalue weighted by atomic mass is 10.1. The lowest BCUT2D eigenvalue weighted by Gasteiger charge is -2.18. The highest BCUT2D eigenvalue weighted by atomic mass is 16.5. The van der Waals surface area contributed by atoms with Crippen LogP contribution in [0.2, 0.25) is 0 Å². The standard InChI is InChI=1S/C16H21N3O2/c1-11-6-7-12(8-14(11)21-5)15(20)18-13-9-17-19(10-13)16(2,3)4/h6-10H,1-5H3,(H,18,20). The second-order valence-electron chi connectivity index (χ2n) is 5.98. The van der Waals surface area contributed by atoms with E-state index in [4.69, 9.17) is 4.74 Å². The van der Waals surface area contributed by atoms with Crippen molar-refractivity contribution in [2.45, 2.75) is 33.2 Å². The van der Waals surface area contributed by atoms with Crippen LogP contribution >= 0.6 is 0 Å². The van der Waals surface area contributed by atoms with Gasteiger partial charge in [0.2, 0.25) is 0 Å². The number of hydrogen-bond acceptors (Lipinski definition) is 3. The number of aromatic nitrogens is 2. The van der Waals surface area contributed by atoms with E-state index < -0.39 is 0 Å². The molecule has 5 nitrogen and oxygen atoms in total. The third kappa shape index (κ3) is 3.42. The Bertz CT molecular complexity index is 654. The fourth-order valence-corrected chi connectivity index (χ4v) is 1.92. The molecule has 1 N–H and O–H groups in total. The molecule has 0 aliphatic carbocycles. The van der Waals surface area contributed by atoms with Gasteiger partial charge in [-0.25, -0.2) is 0 Å². The van der Waals surface area contributed by atoms with Gasteiger partial charge in [-0.3, -0.25) is 9.48 Å². The second kappa shape index (κ2) is 5.60. The maximum absolute atomic E-state index is 12.2. The van der Waals surface area contributed by atoms with E-state index in [-0.39, 0.29) is 11.4 Å². The molecule has 0 atom stereocenters. The summed E-state index contributed by atoms with van der Waals surface area (Å²) in [6.45, 7) is 8.09. The number of rotatable bonds is 3. The van der Waals surface area contributed by atoms with Crippen molar-refractivity contribution in [3.8, 4) is 5.75 Å². The fraction of sp³-hybridized carbons (Fsp3) is 0.375. The minimum atomic E-state index is -0.179. The highest BCUT2D eigenvalue weighted by molar-refractivity contribution is 6.04. The average Bonchev–Trinajstić information content (AvgIpc) is 2.87. The van der Waals surface area contributed by atoms with Crippen molar-refractivity contribution >= 4 is 11.6 Å². The van der Waals surface area contributed by atoms with E-state index in [9.17, 15) is 4.79 Å². The normalized spacial score (nSPS) is 11.3. The summed E-state index contributed by atoms with van der Waals surface area (Å²) in [7, 11) is 1.59. The smallest absolute Gasteiger partial charge is 0.255 e. The van der Waals surface area contributed by atoms with Crippen molar-refractivity contribution in [3.63, 3.8) is 0 Å². The Morgan fingerprint density at radius 1 is 1.33 bits per heavy atom. The largest absolute Gasteiger partial charge is 0.496 e. The van der Waals surface area contributed by atoms with Crippen LogP contribution in [0.5, 0.6) is 5.75 Å². The molecule has 1 aromatic carbocycles. The van der Waals surface area contributed by atoms with Crippen LogP contribution in [0.4, 0.5) is 5.69 Å². The number of amides is 1. The summed E-state index contributed by atoms with van der Waals surface area (Å²) >= 11 is 0. The van der Waals surface area contributed by atoms with E-state index in [0.29, 0.717) is 17.0 Å². The molecule has 0 radical (unpaired) electrons. The lowest BCUT2D eigenvalue weighted by molar-refractivity contribution is 0.102. The number of carbonyl (C=O) groups excluding carboxylic acids is 1. The first-order valence-electron chi connectivity index (χ1n) is 6.82. The van der Waals surface area contributed by atoms with Crippen molar-refractivity contribution in [3.05, 3.63) is 41.7 Å². The molecular weight excluding hydrogens is 266 g/mol. The quantitative estimate of drug-likeness (QED) is 0.943. The number of nitrogens with zero attached hydrogens (tertiary/aromatic N) is 2. The predicted octanol–water partition coefficient (Wildman–Crippen LogP) is 3.21. The number of methoxy groups -OCH3 is 1. The summed E-state index contributed by atoms with van der Waals surface area (Å²) in [5.74, 6) is 0.523. The third-order valence-corrected chi connectivity index (χ3v) is 3.20. The van der Waals surface area contributed by atoms with Gasteiger partial charge in [-0.2, -0.15) is 5.10 Å². The van der Waals surface area contributed by atoms with Crippen molar-refractivity contribution in [2.24, 2.45) is 0 Å². The van der Waals surface area contributed by atoms with Crippen LogP contribution in [0.1, 0.15) is 36.7 Å². The van der Waals surface area contributed by atoms with Gasteiger partial charge in [0.25, 0.3) is 5.91 Å². The molecule has 1 aromatic heterocycles. The zero-order chi connectivity index (χ0) is 15.6. The Morgan fingerprint density at radius 2 is 2.05 bits per heavy atom. The molecule has 0 aliphatic rings. The first-order chi connectivity index (χ1) is 9.81. The zero-order valence-corrected chi connectivity index (χ0v) is 13.1. The molecule has 1 heterocycles. The summed E-state index contributed by atoms with van der Waals surface area (Å²) in [5, 5.41) is 7.10. The van der Waals surface area contributed by atoms with Crippen LogP contribution < -0.4 is 10.1 Å². The summed E-state index contributed by atoms with van der Waals surface area (Å²) < 4.78 is 7.06. The topological polar surface area (TPSA) is 56.1 Å². The SMILES string of the molecule is COc1cc(C(=O)Nc2cnn(C(C)(C)C)c2)ccc1C. The van der Waals surface area contributed by atoms with Crippen LogP contribution in [-0.4, -0.2) is 22.8 Å². The van der Waals surface area contributed by atoms with E-state index in [0.717, 1.165) is 5.56 Å². The number of hydrogen-bond donors (Lipinski definition) is 1. The molecule has 2 aromatic rings. The Labute approximate surface area is 124 Å². The van der Waals surface area contributed by atoms with E-state index in [2.05, 4.69) is 31.2 Å². The average molecular weight is 287 g/mol. The number of nitrogens with one attached hydrogen (secondary N) is 1. The molecule has 21 heavy (non-hydrogen) atoms. The maximum Gasteiger partial charge on any atom is 0.255 e. The van der Waals surface area contributed by atoms with Gasteiger partial charge in [-0.1, -0.05) is 6.07 Å². The van der Waals surface area contributed by atoms with Crippen LogP contribution in [-0.2, 0) is 5.54 Å². The maximum atomic E-state index is 12.2. The van der Waals surface area contributed by atoms with E-state index >= 15 is 0 Å². The highest BCUT2D eigenvalue weighted by Crippen LogP contribution is 2.20. The van der Waals surface area contributed by atoms with Crippen LogP contribution in [0.3, 0.4) is 0 Å². The van der Waals surface area contributed by atoms with Crippen molar-refractivity contribution in [1.29, 1.82) is 0 Å². The van der Waals surface area contributed by atoms with Gasteiger partial charge < -0.3 is 10.1 Å². The predicted molar refractivity (Wildman–Crippen MR) is 82.9 cm³/mol. The first kappa shape index (κ1) is 15.1. The Morgan fingerprint density at radius 3 is 2.62 bits per heavy atom.